The largest absolute Gasteiger partial charge is 0.478 e. The Kier molecular flexibility index (Phi) is 5.12. The molecule has 0 saturated heterocycles. The van der Waals surface area contributed by atoms with E-state index in [4.69, 9.17) is 5.11 Å². The Balaban J connectivity index is 1.84. The molecule has 0 atom stereocenters. The molecule has 0 saturated carbocycles. The van der Waals surface area contributed by atoms with Crippen molar-refractivity contribution in [1.82, 2.24) is 15.2 Å². The number of hydrogen-bond acceptors (Lipinski definition) is 5. The first-order valence-electron chi connectivity index (χ1n) is 8.21. The zero-order valence-corrected chi connectivity index (χ0v) is 15.9. The summed E-state index contributed by atoms with van der Waals surface area (Å²) in [5, 5.41) is 9.99. The number of sulfonamides is 1. The van der Waals surface area contributed by atoms with Gasteiger partial charge in [-0.1, -0.05) is 24.3 Å². The van der Waals surface area contributed by atoms with Gasteiger partial charge in [0.25, 0.3) is 15.9 Å². The minimum absolute atomic E-state index is 0.0357. The molecule has 0 fully saturated rings. The number of carboxylic acids is 1. The van der Waals surface area contributed by atoms with Crippen molar-refractivity contribution in [3.63, 3.8) is 0 Å². The van der Waals surface area contributed by atoms with Crippen molar-refractivity contribution >= 4 is 32.8 Å². The molecule has 1 heterocycles. The van der Waals surface area contributed by atoms with Crippen LogP contribution in [0, 0.1) is 13.8 Å². The van der Waals surface area contributed by atoms with Crippen molar-refractivity contribution in [1.29, 1.82) is 0 Å². The van der Waals surface area contributed by atoms with E-state index in [1.807, 2.05) is 17.0 Å². The number of aryl methyl sites for hydroxylation is 1. The molecule has 2 aromatic carbocycles. The van der Waals surface area contributed by atoms with Gasteiger partial charge in [0.1, 0.15) is 5.69 Å². The smallest absolute Gasteiger partial charge is 0.335 e. The maximum Gasteiger partial charge on any atom is 0.335 e. The Morgan fingerprint density at radius 2 is 1.75 bits per heavy atom. The fourth-order valence-corrected chi connectivity index (χ4v) is 3.84. The van der Waals surface area contributed by atoms with Crippen LogP contribution in [0.3, 0.4) is 0 Å². The number of carboxylic acid groups (broad SMARTS) is 1. The maximum atomic E-state index is 12.6. The van der Waals surface area contributed by atoms with Crippen LogP contribution in [0.2, 0.25) is 0 Å². The molecule has 0 unspecified atom stereocenters. The van der Waals surface area contributed by atoms with Gasteiger partial charge in [-0.3, -0.25) is 10.2 Å². The zero-order chi connectivity index (χ0) is 20.5. The molecular formula is C19H17N3O5S. The van der Waals surface area contributed by atoms with E-state index in [2.05, 4.69) is 10.4 Å². The van der Waals surface area contributed by atoms with E-state index in [0.29, 0.717) is 16.6 Å². The summed E-state index contributed by atoms with van der Waals surface area (Å²) in [5.41, 5.74) is 3.47. The standard InChI is InChI=1S/C19H17N3O5S/c1-11-9-14(19(24)25)10-17(12(11)2)28(26,27)22-21-18(23)16-8-7-13-5-3-4-6-15(13)20-16/h3-10,22H,1-2H3,(H,21,23)(H,24,25). The van der Waals surface area contributed by atoms with Gasteiger partial charge in [0, 0.05) is 5.39 Å². The van der Waals surface area contributed by atoms with Crippen molar-refractivity contribution in [2.24, 2.45) is 0 Å². The van der Waals surface area contributed by atoms with Crippen molar-refractivity contribution in [2.75, 3.05) is 0 Å². The number of aromatic nitrogens is 1. The van der Waals surface area contributed by atoms with Crippen LogP contribution in [0.5, 0.6) is 0 Å². The van der Waals surface area contributed by atoms with Crippen molar-refractivity contribution in [2.45, 2.75) is 18.7 Å². The number of carbonyl (C=O) groups is 2. The van der Waals surface area contributed by atoms with Gasteiger partial charge in [-0.05, 0) is 49.2 Å². The third-order valence-corrected chi connectivity index (χ3v) is 5.66. The predicted molar refractivity (Wildman–Crippen MR) is 102 cm³/mol. The van der Waals surface area contributed by atoms with Gasteiger partial charge >= 0.3 is 5.97 Å². The van der Waals surface area contributed by atoms with Crippen molar-refractivity contribution in [3.8, 4) is 0 Å². The average molecular weight is 399 g/mol. The molecule has 0 bridgehead atoms. The third kappa shape index (κ3) is 3.85. The number of fused-ring (bicyclic) bond motifs is 1. The molecule has 0 aliphatic heterocycles. The van der Waals surface area contributed by atoms with Gasteiger partial charge in [-0.15, -0.1) is 4.83 Å². The Morgan fingerprint density at radius 3 is 2.46 bits per heavy atom. The number of aromatic carboxylic acids is 1. The first-order chi connectivity index (χ1) is 13.2. The second-order valence-electron chi connectivity index (χ2n) is 6.17. The Labute approximate surface area is 161 Å². The molecule has 3 aromatic rings. The highest BCUT2D eigenvalue weighted by Crippen LogP contribution is 2.21. The minimum atomic E-state index is -4.19. The Bertz CT molecular complexity index is 1210. The molecule has 3 N–H and O–H groups in total. The van der Waals surface area contributed by atoms with Gasteiger partial charge in [0.15, 0.2) is 0 Å². The fraction of sp³-hybridized carbons (Fsp3) is 0.105. The highest BCUT2D eigenvalue weighted by atomic mass is 32.2. The van der Waals surface area contributed by atoms with Crippen LogP contribution in [0.4, 0.5) is 0 Å². The average Bonchev–Trinajstić information content (AvgIpc) is 2.67. The summed E-state index contributed by atoms with van der Waals surface area (Å²) in [6.45, 7) is 3.17. The Morgan fingerprint density at radius 1 is 1.04 bits per heavy atom. The lowest BCUT2D eigenvalue weighted by Gasteiger charge is -2.13. The monoisotopic (exact) mass is 399 g/mol. The number of benzene rings is 2. The van der Waals surface area contributed by atoms with Crippen molar-refractivity contribution in [3.05, 3.63) is 70.9 Å². The number of nitrogens with one attached hydrogen (secondary N) is 2. The van der Waals surface area contributed by atoms with Crippen LogP contribution in [0.15, 0.2) is 53.4 Å². The number of hydrogen-bond donors (Lipinski definition) is 3. The SMILES string of the molecule is Cc1cc(C(=O)O)cc(S(=O)(=O)NNC(=O)c2ccc3ccccc3n2)c1C. The topological polar surface area (TPSA) is 125 Å². The molecule has 9 heteroatoms. The van der Waals surface area contributed by atoms with E-state index in [0.717, 1.165) is 11.5 Å². The molecule has 3 rings (SSSR count). The highest BCUT2D eigenvalue weighted by Gasteiger charge is 2.22. The first-order valence-corrected chi connectivity index (χ1v) is 9.70. The third-order valence-electron chi connectivity index (χ3n) is 4.29. The summed E-state index contributed by atoms with van der Waals surface area (Å²) in [5.74, 6) is -1.98. The summed E-state index contributed by atoms with van der Waals surface area (Å²) < 4.78 is 25.2. The number of amides is 1. The molecule has 0 aliphatic carbocycles. The molecule has 0 spiro atoms. The van der Waals surface area contributed by atoms with Crippen molar-refractivity contribution < 1.29 is 23.1 Å². The summed E-state index contributed by atoms with van der Waals surface area (Å²) in [6, 6.07) is 12.8. The van der Waals surface area contributed by atoms with Crippen LogP contribution < -0.4 is 10.3 Å². The molecule has 28 heavy (non-hydrogen) atoms. The quantitative estimate of drug-likeness (QED) is 0.565. The van der Waals surface area contributed by atoms with Crippen LogP contribution in [0.25, 0.3) is 10.9 Å². The maximum absolute atomic E-state index is 12.6. The van der Waals surface area contributed by atoms with E-state index in [9.17, 15) is 18.0 Å². The van der Waals surface area contributed by atoms with Gasteiger partial charge < -0.3 is 5.11 Å². The molecule has 8 nitrogen and oxygen atoms in total. The number of carbonyl (C=O) groups excluding carboxylic acids is 1. The lowest BCUT2D eigenvalue weighted by molar-refractivity contribution is 0.0696. The molecule has 144 valence electrons. The lowest BCUT2D eigenvalue weighted by Crippen LogP contribution is -2.42. The molecular weight excluding hydrogens is 382 g/mol. The normalized spacial score (nSPS) is 11.4. The highest BCUT2D eigenvalue weighted by molar-refractivity contribution is 7.89. The zero-order valence-electron chi connectivity index (χ0n) is 15.1. The second kappa shape index (κ2) is 7.37. The molecule has 0 radical (unpaired) electrons. The van der Waals surface area contributed by atoms with E-state index in [-0.39, 0.29) is 16.2 Å². The van der Waals surface area contributed by atoms with Gasteiger partial charge in [0.2, 0.25) is 0 Å². The number of rotatable bonds is 5. The number of pyridine rings is 1. The molecule has 0 aliphatic rings. The fourth-order valence-electron chi connectivity index (χ4n) is 2.65. The summed E-state index contributed by atoms with van der Waals surface area (Å²) in [7, 11) is -4.19. The second-order valence-corrected chi connectivity index (χ2v) is 7.82. The van der Waals surface area contributed by atoms with Gasteiger partial charge in [0.05, 0.1) is 16.0 Å². The number of nitrogens with zero attached hydrogens (tertiary/aromatic N) is 1. The van der Waals surface area contributed by atoms with Crippen LogP contribution in [0.1, 0.15) is 32.0 Å². The summed E-state index contributed by atoms with van der Waals surface area (Å²) in [4.78, 5) is 29.5. The van der Waals surface area contributed by atoms with E-state index < -0.39 is 21.9 Å². The predicted octanol–water partition coefficient (Wildman–Crippen LogP) is 2.17. The molecule has 1 aromatic heterocycles. The van der Waals surface area contributed by atoms with Crippen LogP contribution >= 0.6 is 0 Å². The summed E-state index contributed by atoms with van der Waals surface area (Å²) in [6.07, 6.45) is 0. The van der Waals surface area contributed by atoms with Crippen LogP contribution in [-0.2, 0) is 10.0 Å². The van der Waals surface area contributed by atoms with Gasteiger partial charge in [-0.25, -0.2) is 18.2 Å². The van der Waals surface area contributed by atoms with E-state index in [1.165, 1.54) is 12.1 Å². The van der Waals surface area contributed by atoms with E-state index >= 15 is 0 Å². The Hall–Kier alpha value is -3.30. The van der Waals surface area contributed by atoms with Crippen LogP contribution in [-0.4, -0.2) is 30.4 Å². The molecule has 1 amide bonds. The first kappa shape index (κ1) is 19.5. The number of hydrazine groups is 1. The number of para-hydroxylation sites is 1. The van der Waals surface area contributed by atoms with E-state index in [1.54, 1.807) is 32.0 Å². The summed E-state index contributed by atoms with van der Waals surface area (Å²) >= 11 is 0. The minimum Gasteiger partial charge on any atom is -0.478 e. The lowest BCUT2D eigenvalue weighted by atomic mass is 10.1. The van der Waals surface area contributed by atoms with Gasteiger partial charge in [-0.2, -0.15) is 0 Å².